The Labute approximate surface area is 311 Å². The third-order valence-corrected chi connectivity index (χ3v) is 12.1. The Bertz CT molecular complexity index is 1810. The fourth-order valence-corrected chi connectivity index (χ4v) is 8.98. The van der Waals surface area contributed by atoms with Gasteiger partial charge < -0.3 is 29.8 Å². The van der Waals surface area contributed by atoms with Crippen molar-refractivity contribution in [3.63, 3.8) is 0 Å². The van der Waals surface area contributed by atoms with E-state index in [0.29, 0.717) is 86.5 Å². The van der Waals surface area contributed by atoms with Crippen LogP contribution < -0.4 is 19.6 Å². The number of nitrogens with zero attached hydrogens (tertiary/aromatic N) is 8. The second kappa shape index (κ2) is 14.1. The Morgan fingerprint density at radius 2 is 1.07 bits per heavy atom. The molecule has 4 unspecified atom stereocenters. The number of aromatic nitrogens is 2. The summed E-state index contributed by atoms with van der Waals surface area (Å²) in [6.45, 7) is 7.60. The average Bonchev–Trinajstić information content (AvgIpc) is 3.89. The second-order valence-corrected chi connectivity index (χ2v) is 15.7. The predicted molar refractivity (Wildman–Crippen MR) is 190 cm³/mol. The van der Waals surface area contributed by atoms with E-state index in [1.165, 1.54) is 0 Å². The number of hydrogen-bond acceptors (Lipinski definition) is 10. The molecule has 2 aliphatic carbocycles. The number of carbonyl (C=O) groups is 2. The van der Waals surface area contributed by atoms with Crippen LogP contribution in [0.25, 0.3) is 0 Å². The minimum atomic E-state index is -3.03. The summed E-state index contributed by atoms with van der Waals surface area (Å²) in [5.41, 5.74) is 0.610. The van der Waals surface area contributed by atoms with E-state index in [-0.39, 0.29) is 84.7 Å². The first-order valence-electron chi connectivity index (χ1n) is 18.8. The molecule has 0 amide bonds. The van der Waals surface area contributed by atoms with Gasteiger partial charge in [-0.25, -0.2) is 27.5 Å². The molecule has 4 fully saturated rings. The molecule has 16 heteroatoms. The van der Waals surface area contributed by atoms with Crippen molar-refractivity contribution >= 4 is 35.2 Å². The number of fused-ring (bicyclic) bond motifs is 2. The second-order valence-electron chi connectivity index (χ2n) is 15.7. The highest BCUT2D eigenvalue weighted by Gasteiger charge is 2.48. The topological polar surface area (TPSA) is 161 Å². The normalized spacial score (nSPS) is 25.9. The van der Waals surface area contributed by atoms with Gasteiger partial charge in [-0.15, -0.1) is 0 Å². The summed E-state index contributed by atoms with van der Waals surface area (Å²) in [5.74, 6) is -6.02. The molecule has 0 saturated carbocycles. The van der Waals surface area contributed by atoms with Gasteiger partial charge in [-0.3, -0.25) is 9.59 Å². The summed E-state index contributed by atoms with van der Waals surface area (Å²) in [4.78, 5) is 39.1. The predicted octanol–water partition coefficient (Wildman–Crippen LogP) is 5.78. The molecular weight excluding hydrogens is 708 g/mol. The maximum Gasteiger partial charge on any atom is 0.303 e. The maximum absolute atomic E-state index is 14.7. The van der Waals surface area contributed by atoms with Crippen molar-refractivity contribution in [2.45, 2.75) is 102 Å². The first-order valence-corrected chi connectivity index (χ1v) is 18.8. The number of pyridine rings is 2. The van der Waals surface area contributed by atoms with Crippen molar-refractivity contribution < 1.29 is 37.4 Å². The first-order chi connectivity index (χ1) is 25.6. The van der Waals surface area contributed by atoms with Crippen molar-refractivity contribution in [1.29, 1.82) is 10.5 Å². The fraction of sp³-hybridized carbons (Fsp3) is 0.632. The molecule has 0 aromatic carbocycles. The van der Waals surface area contributed by atoms with Gasteiger partial charge in [0, 0.05) is 99.3 Å². The Morgan fingerprint density at radius 1 is 0.685 bits per heavy atom. The van der Waals surface area contributed by atoms with Crippen LogP contribution in [-0.2, 0) is 34.3 Å². The molecule has 4 atom stereocenters. The number of carboxylic acid groups (broad SMARTS) is 2. The minimum Gasteiger partial charge on any atom is -0.481 e. The van der Waals surface area contributed by atoms with Crippen LogP contribution >= 0.6 is 0 Å². The van der Waals surface area contributed by atoms with Gasteiger partial charge in [0.25, 0.3) is 11.8 Å². The number of anilines is 4. The lowest BCUT2D eigenvalue weighted by molar-refractivity contribution is -0.139. The number of aliphatic carboxylic acids is 2. The number of halogens is 4. The fourth-order valence-electron chi connectivity index (χ4n) is 8.98. The van der Waals surface area contributed by atoms with E-state index < -0.39 is 23.8 Å². The molecule has 0 radical (unpaired) electrons. The van der Waals surface area contributed by atoms with Crippen LogP contribution in [0.4, 0.5) is 40.8 Å². The van der Waals surface area contributed by atoms with Crippen LogP contribution in [0, 0.1) is 34.5 Å². The molecule has 4 saturated heterocycles. The SMILES string of the molecule is CC1CCN1c1nc(N2CCC(CC(=O)O)C2)c2c(c1C#N)C(F)(F)CC2.CC1CCN1c1nc(N2CCC(CC(=O)O)C2)c2c(c1C#N)C(F)(F)CC2. The molecule has 0 spiro atoms. The quantitative estimate of drug-likeness (QED) is 0.314. The first kappa shape index (κ1) is 37.5. The lowest BCUT2D eigenvalue weighted by Gasteiger charge is -2.41. The molecule has 0 bridgehead atoms. The van der Waals surface area contributed by atoms with E-state index >= 15 is 0 Å². The molecule has 8 rings (SSSR count). The van der Waals surface area contributed by atoms with Crippen LogP contribution in [0.3, 0.4) is 0 Å². The molecule has 288 valence electrons. The molecule has 2 aromatic rings. The standard InChI is InChI=1S/2C19H22F2N4O2/c2*1-11-3-7-25(11)18-14(9-22)16-13(2-5-19(16,20)21)17(23-18)24-6-4-12(10-24)8-15(26)27/h2*11-12H,2-8,10H2,1H3,(H,26,27). The molecule has 6 aliphatic rings. The van der Waals surface area contributed by atoms with Crippen LogP contribution in [0.5, 0.6) is 0 Å². The molecule has 4 aliphatic heterocycles. The van der Waals surface area contributed by atoms with E-state index in [2.05, 4.69) is 0 Å². The molecule has 6 heterocycles. The lowest BCUT2D eigenvalue weighted by atomic mass is 9.99. The monoisotopic (exact) mass is 752 g/mol. The largest absolute Gasteiger partial charge is 0.481 e. The Hall–Kier alpha value is -4.86. The van der Waals surface area contributed by atoms with Gasteiger partial charge in [-0.2, -0.15) is 10.5 Å². The Balaban J connectivity index is 0.000000167. The number of rotatable bonds is 8. The summed E-state index contributed by atoms with van der Waals surface area (Å²) in [6.07, 6.45) is 3.20. The molecular formula is C38H44F4N8O4. The zero-order valence-electron chi connectivity index (χ0n) is 30.4. The molecule has 2 aromatic heterocycles. The van der Waals surface area contributed by atoms with Gasteiger partial charge >= 0.3 is 11.9 Å². The Kier molecular flexibility index (Phi) is 9.77. The van der Waals surface area contributed by atoms with Gasteiger partial charge in [-0.05, 0) is 64.2 Å². The molecule has 12 nitrogen and oxygen atoms in total. The molecule has 2 N–H and O–H groups in total. The summed E-state index contributed by atoms with van der Waals surface area (Å²) < 4.78 is 58.7. The van der Waals surface area contributed by atoms with Crippen LogP contribution in [-0.4, -0.2) is 83.5 Å². The van der Waals surface area contributed by atoms with Crippen molar-refractivity contribution in [3.8, 4) is 12.1 Å². The smallest absolute Gasteiger partial charge is 0.303 e. The van der Waals surface area contributed by atoms with Crippen LogP contribution in [0.2, 0.25) is 0 Å². The highest BCUT2D eigenvalue weighted by molar-refractivity contribution is 5.73. The van der Waals surface area contributed by atoms with E-state index in [1.807, 2.05) is 45.6 Å². The third kappa shape index (κ3) is 6.62. The highest BCUT2D eigenvalue weighted by atomic mass is 19.3. The van der Waals surface area contributed by atoms with E-state index in [4.69, 9.17) is 20.2 Å². The van der Waals surface area contributed by atoms with Crippen molar-refractivity contribution in [3.05, 3.63) is 33.4 Å². The van der Waals surface area contributed by atoms with Gasteiger partial charge in [0.15, 0.2) is 0 Å². The van der Waals surface area contributed by atoms with E-state index in [9.17, 15) is 37.7 Å². The van der Waals surface area contributed by atoms with Gasteiger partial charge in [0.2, 0.25) is 0 Å². The third-order valence-electron chi connectivity index (χ3n) is 12.1. The zero-order chi connectivity index (χ0) is 38.7. The number of alkyl halides is 4. The van der Waals surface area contributed by atoms with Crippen molar-refractivity contribution in [2.24, 2.45) is 11.8 Å². The van der Waals surface area contributed by atoms with Gasteiger partial charge in [-0.1, -0.05) is 0 Å². The van der Waals surface area contributed by atoms with Crippen LogP contribution in [0.15, 0.2) is 0 Å². The van der Waals surface area contributed by atoms with Crippen molar-refractivity contribution in [1.82, 2.24) is 9.97 Å². The van der Waals surface area contributed by atoms with Gasteiger partial charge in [0.1, 0.15) is 46.5 Å². The van der Waals surface area contributed by atoms with Crippen LogP contribution in [0.1, 0.15) is 98.6 Å². The van der Waals surface area contributed by atoms with E-state index in [0.717, 1.165) is 12.8 Å². The highest BCUT2D eigenvalue weighted by Crippen LogP contribution is 2.51. The van der Waals surface area contributed by atoms with Crippen molar-refractivity contribution in [2.75, 3.05) is 58.9 Å². The number of hydrogen-bond donors (Lipinski definition) is 2. The summed E-state index contributed by atoms with van der Waals surface area (Å²) in [5, 5.41) is 37.3. The van der Waals surface area contributed by atoms with Gasteiger partial charge in [0.05, 0.1) is 0 Å². The summed E-state index contributed by atoms with van der Waals surface area (Å²) >= 11 is 0. The average molecular weight is 753 g/mol. The Morgan fingerprint density at radius 3 is 1.37 bits per heavy atom. The summed E-state index contributed by atoms with van der Waals surface area (Å²) in [6, 6.07) is 4.33. The zero-order valence-corrected chi connectivity index (χ0v) is 30.4. The number of carboxylic acids is 2. The number of nitriles is 2. The lowest BCUT2D eigenvalue weighted by Crippen LogP contribution is -2.47. The molecule has 54 heavy (non-hydrogen) atoms. The maximum atomic E-state index is 14.7. The minimum absolute atomic E-state index is 0.00378. The van der Waals surface area contributed by atoms with E-state index in [1.54, 1.807) is 0 Å². The summed E-state index contributed by atoms with van der Waals surface area (Å²) in [7, 11) is 0.